The Morgan fingerprint density at radius 1 is 1.29 bits per heavy atom. The molecule has 1 atom stereocenters. The van der Waals surface area contributed by atoms with Crippen molar-refractivity contribution in [2.24, 2.45) is 0 Å². The molecule has 3 aromatic rings. The quantitative estimate of drug-likeness (QED) is 0.734. The number of hydrogen-bond donors (Lipinski definition) is 1. The molecule has 0 bridgehead atoms. The lowest BCUT2D eigenvalue weighted by Crippen LogP contribution is -1.92. The van der Waals surface area contributed by atoms with Crippen molar-refractivity contribution in [1.82, 2.24) is 4.98 Å². The third-order valence-corrected chi connectivity index (χ3v) is 4.33. The fraction of sp³-hybridized carbons (Fsp3) is 0.0833. The van der Waals surface area contributed by atoms with E-state index in [2.05, 4.69) is 32.4 Å². The van der Waals surface area contributed by atoms with Crippen molar-refractivity contribution >= 4 is 38.4 Å². The second-order valence-electron chi connectivity index (χ2n) is 3.69. The zero-order chi connectivity index (χ0) is 11.8. The van der Waals surface area contributed by atoms with Crippen LogP contribution in [0.1, 0.15) is 16.0 Å². The summed E-state index contributed by atoms with van der Waals surface area (Å²) in [6.45, 7) is 0. The standard InChI is InChI=1S/C12H8BrNO2S/c13-11(8-3-4-17-6-8)7-1-2-9-10(5-7)16-12(15)14-9/h1-6,11H,(H,14,15). The molecule has 86 valence electrons. The Hall–Kier alpha value is -1.33. The van der Waals surface area contributed by atoms with E-state index in [0.717, 1.165) is 11.1 Å². The van der Waals surface area contributed by atoms with E-state index in [0.29, 0.717) is 5.58 Å². The maximum Gasteiger partial charge on any atom is 0.417 e. The normalized spacial score (nSPS) is 13.0. The molecule has 0 saturated carbocycles. The number of hydrogen-bond acceptors (Lipinski definition) is 3. The Morgan fingerprint density at radius 2 is 2.18 bits per heavy atom. The number of oxazole rings is 1. The molecule has 2 aromatic heterocycles. The van der Waals surface area contributed by atoms with E-state index in [4.69, 9.17) is 4.42 Å². The van der Waals surface area contributed by atoms with Gasteiger partial charge in [0.15, 0.2) is 5.58 Å². The van der Waals surface area contributed by atoms with Crippen molar-refractivity contribution in [3.63, 3.8) is 0 Å². The first-order valence-electron chi connectivity index (χ1n) is 5.03. The minimum Gasteiger partial charge on any atom is -0.408 e. The average Bonchev–Trinajstić information content (AvgIpc) is 2.94. The topological polar surface area (TPSA) is 46.0 Å². The highest BCUT2D eigenvalue weighted by Gasteiger charge is 2.12. The Labute approximate surface area is 109 Å². The minimum atomic E-state index is -0.418. The molecule has 1 unspecified atom stereocenters. The van der Waals surface area contributed by atoms with Crippen LogP contribution in [0.3, 0.4) is 0 Å². The highest BCUT2D eigenvalue weighted by molar-refractivity contribution is 9.09. The monoisotopic (exact) mass is 309 g/mol. The summed E-state index contributed by atoms with van der Waals surface area (Å²) in [4.78, 5) is 13.8. The Kier molecular flexibility index (Phi) is 2.64. The second-order valence-corrected chi connectivity index (χ2v) is 5.39. The molecule has 0 aliphatic heterocycles. The predicted octanol–water partition coefficient (Wildman–Crippen LogP) is 3.67. The van der Waals surface area contributed by atoms with E-state index in [-0.39, 0.29) is 4.83 Å². The van der Waals surface area contributed by atoms with Gasteiger partial charge in [-0.3, -0.25) is 4.98 Å². The van der Waals surface area contributed by atoms with Gasteiger partial charge in [0.2, 0.25) is 0 Å². The molecule has 0 radical (unpaired) electrons. The number of alkyl halides is 1. The number of benzene rings is 1. The lowest BCUT2D eigenvalue weighted by molar-refractivity contribution is 0.555. The number of rotatable bonds is 2. The number of aromatic amines is 1. The largest absolute Gasteiger partial charge is 0.417 e. The summed E-state index contributed by atoms with van der Waals surface area (Å²) in [5.74, 6) is -0.418. The van der Waals surface area contributed by atoms with Gasteiger partial charge in [0.25, 0.3) is 0 Å². The summed E-state index contributed by atoms with van der Waals surface area (Å²) in [5, 5.41) is 4.13. The van der Waals surface area contributed by atoms with Crippen LogP contribution in [-0.2, 0) is 0 Å². The molecule has 1 aromatic carbocycles. The summed E-state index contributed by atoms with van der Waals surface area (Å²) in [5.41, 5.74) is 3.59. The Balaban J connectivity index is 2.08. The zero-order valence-electron chi connectivity index (χ0n) is 8.64. The van der Waals surface area contributed by atoms with Gasteiger partial charge in [-0.15, -0.1) is 0 Å². The van der Waals surface area contributed by atoms with E-state index in [1.807, 2.05) is 23.6 Å². The van der Waals surface area contributed by atoms with Crippen LogP contribution in [0.4, 0.5) is 0 Å². The number of nitrogens with one attached hydrogen (secondary N) is 1. The third-order valence-electron chi connectivity index (χ3n) is 2.57. The van der Waals surface area contributed by atoms with E-state index in [9.17, 15) is 4.79 Å². The lowest BCUT2D eigenvalue weighted by atomic mass is 10.1. The van der Waals surface area contributed by atoms with Gasteiger partial charge in [-0.25, -0.2) is 4.79 Å². The number of halogens is 1. The fourth-order valence-electron chi connectivity index (χ4n) is 1.73. The van der Waals surface area contributed by atoms with Crippen LogP contribution in [0, 0.1) is 0 Å². The molecular weight excluding hydrogens is 302 g/mol. The van der Waals surface area contributed by atoms with Crippen molar-refractivity contribution < 1.29 is 4.42 Å². The van der Waals surface area contributed by atoms with Crippen LogP contribution in [0.5, 0.6) is 0 Å². The van der Waals surface area contributed by atoms with Crippen molar-refractivity contribution in [2.75, 3.05) is 0 Å². The van der Waals surface area contributed by atoms with Crippen LogP contribution in [-0.4, -0.2) is 4.98 Å². The van der Waals surface area contributed by atoms with Gasteiger partial charge in [0.05, 0.1) is 10.3 Å². The lowest BCUT2D eigenvalue weighted by Gasteiger charge is -2.07. The third kappa shape index (κ3) is 1.96. The number of H-pyrrole nitrogens is 1. The molecule has 0 aliphatic rings. The zero-order valence-corrected chi connectivity index (χ0v) is 11.0. The molecule has 17 heavy (non-hydrogen) atoms. The smallest absolute Gasteiger partial charge is 0.408 e. The molecule has 0 spiro atoms. The van der Waals surface area contributed by atoms with E-state index in [1.54, 1.807) is 11.3 Å². The van der Waals surface area contributed by atoms with E-state index < -0.39 is 5.76 Å². The Bertz CT molecular complexity index is 699. The van der Waals surface area contributed by atoms with Crippen LogP contribution >= 0.6 is 27.3 Å². The molecule has 3 rings (SSSR count). The van der Waals surface area contributed by atoms with Gasteiger partial charge in [-0.2, -0.15) is 11.3 Å². The van der Waals surface area contributed by atoms with Crippen molar-refractivity contribution in [1.29, 1.82) is 0 Å². The minimum absolute atomic E-state index is 0.123. The molecule has 0 saturated heterocycles. The van der Waals surface area contributed by atoms with Gasteiger partial charge >= 0.3 is 5.76 Å². The highest BCUT2D eigenvalue weighted by atomic mass is 79.9. The van der Waals surface area contributed by atoms with E-state index in [1.165, 1.54) is 5.56 Å². The van der Waals surface area contributed by atoms with Gasteiger partial charge in [0.1, 0.15) is 0 Å². The summed E-state index contributed by atoms with van der Waals surface area (Å²) < 4.78 is 5.05. The molecule has 2 heterocycles. The maximum atomic E-state index is 11.1. The van der Waals surface area contributed by atoms with Crippen LogP contribution in [0.15, 0.2) is 44.2 Å². The van der Waals surface area contributed by atoms with Crippen LogP contribution < -0.4 is 5.76 Å². The van der Waals surface area contributed by atoms with Gasteiger partial charge < -0.3 is 4.42 Å². The fourth-order valence-corrected chi connectivity index (χ4v) is 3.16. The molecule has 0 amide bonds. The molecule has 0 aliphatic carbocycles. The van der Waals surface area contributed by atoms with Crippen molar-refractivity contribution in [3.05, 3.63) is 56.7 Å². The van der Waals surface area contributed by atoms with Gasteiger partial charge in [-0.05, 0) is 40.1 Å². The molecule has 5 heteroatoms. The molecule has 3 nitrogen and oxygen atoms in total. The molecule has 0 fully saturated rings. The second kappa shape index (κ2) is 4.16. The van der Waals surface area contributed by atoms with Crippen LogP contribution in [0.25, 0.3) is 11.1 Å². The first kappa shape index (κ1) is 10.8. The average molecular weight is 310 g/mol. The van der Waals surface area contributed by atoms with Crippen molar-refractivity contribution in [3.8, 4) is 0 Å². The molecule has 1 N–H and O–H groups in total. The number of thiophene rings is 1. The summed E-state index contributed by atoms with van der Waals surface area (Å²) in [6, 6.07) is 7.78. The summed E-state index contributed by atoms with van der Waals surface area (Å²) in [7, 11) is 0. The molecular formula is C12H8BrNO2S. The first-order valence-corrected chi connectivity index (χ1v) is 6.89. The number of aromatic nitrogens is 1. The van der Waals surface area contributed by atoms with E-state index >= 15 is 0 Å². The maximum absolute atomic E-state index is 11.1. The van der Waals surface area contributed by atoms with Gasteiger partial charge in [0, 0.05) is 0 Å². The summed E-state index contributed by atoms with van der Waals surface area (Å²) in [6.07, 6.45) is 0. The Morgan fingerprint density at radius 3 is 2.94 bits per heavy atom. The predicted molar refractivity (Wildman–Crippen MR) is 71.9 cm³/mol. The SMILES string of the molecule is O=c1[nH]c2ccc(C(Br)c3ccsc3)cc2o1. The summed E-state index contributed by atoms with van der Waals surface area (Å²) >= 11 is 5.30. The van der Waals surface area contributed by atoms with Crippen LogP contribution in [0.2, 0.25) is 0 Å². The van der Waals surface area contributed by atoms with Crippen molar-refractivity contribution in [2.45, 2.75) is 4.83 Å². The number of fused-ring (bicyclic) bond motifs is 1. The highest BCUT2D eigenvalue weighted by Crippen LogP contribution is 2.33. The first-order chi connectivity index (χ1) is 8.24. The van der Waals surface area contributed by atoms with Gasteiger partial charge in [-0.1, -0.05) is 22.0 Å².